The lowest BCUT2D eigenvalue weighted by molar-refractivity contribution is 0.843. The molecule has 0 spiro atoms. The van der Waals surface area contributed by atoms with Gasteiger partial charge in [-0.25, -0.2) is 4.98 Å². The Kier molecular flexibility index (Phi) is 3.60. The van der Waals surface area contributed by atoms with Crippen molar-refractivity contribution in [2.75, 3.05) is 5.32 Å². The van der Waals surface area contributed by atoms with E-state index in [1.807, 2.05) is 36.4 Å². The van der Waals surface area contributed by atoms with Crippen LogP contribution >= 0.6 is 23.1 Å². The van der Waals surface area contributed by atoms with Gasteiger partial charge in [0.15, 0.2) is 4.34 Å². The Balaban J connectivity index is 1.51. The fourth-order valence-electron chi connectivity index (χ4n) is 2.42. The van der Waals surface area contributed by atoms with E-state index in [0.29, 0.717) is 11.8 Å². The Bertz CT molecular complexity index is 1020. The lowest BCUT2D eigenvalue weighted by atomic mass is 10.1. The quantitative estimate of drug-likeness (QED) is 0.542. The average molecular weight is 367 g/mol. The molecule has 1 fully saturated rings. The number of anilines is 1. The maximum Gasteiger partial charge on any atom is 0.253 e. The second-order valence-electron chi connectivity index (χ2n) is 5.71. The van der Waals surface area contributed by atoms with Crippen LogP contribution in [0.15, 0.2) is 52.1 Å². The van der Waals surface area contributed by atoms with Crippen molar-refractivity contribution in [1.29, 1.82) is 0 Å². The molecule has 1 aromatic carbocycles. The summed E-state index contributed by atoms with van der Waals surface area (Å²) < 4.78 is 2.59. The molecule has 0 unspecified atom stereocenters. The van der Waals surface area contributed by atoms with Gasteiger partial charge in [-0.05, 0) is 30.7 Å². The van der Waals surface area contributed by atoms with Crippen LogP contribution < -0.4 is 5.32 Å². The van der Waals surface area contributed by atoms with Crippen molar-refractivity contribution < 1.29 is 0 Å². The molecule has 3 aromatic heterocycles. The fourth-order valence-corrected chi connectivity index (χ4v) is 4.28. The summed E-state index contributed by atoms with van der Waals surface area (Å²) in [5.41, 5.74) is 1.91. The minimum absolute atomic E-state index is 0.568. The molecule has 1 aliphatic rings. The van der Waals surface area contributed by atoms with Crippen molar-refractivity contribution in [2.45, 2.75) is 28.2 Å². The zero-order valence-corrected chi connectivity index (χ0v) is 14.7. The molecule has 0 aliphatic heterocycles. The van der Waals surface area contributed by atoms with Gasteiger partial charge >= 0.3 is 0 Å². The highest BCUT2D eigenvalue weighted by Crippen LogP contribution is 2.35. The first-order valence-corrected chi connectivity index (χ1v) is 9.52. The van der Waals surface area contributed by atoms with Gasteiger partial charge in [0.1, 0.15) is 11.4 Å². The number of hydrogen-bond acceptors (Lipinski definition) is 8. The first kappa shape index (κ1) is 14.8. The molecule has 1 N–H and O–H groups in total. The summed E-state index contributed by atoms with van der Waals surface area (Å²) in [4.78, 5) is 8.83. The van der Waals surface area contributed by atoms with Gasteiger partial charge in [-0.15, -0.1) is 10.2 Å². The highest BCUT2D eigenvalue weighted by Gasteiger charge is 2.22. The van der Waals surface area contributed by atoms with Gasteiger partial charge in [-0.2, -0.15) is 14.6 Å². The maximum atomic E-state index is 4.59. The number of fused-ring (bicyclic) bond motifs is 1. The normalized spacial score (nSPS) is 14.1. The van der Waals surface area contributed by atoms with Crippen LogP contribution in [0.5, 0.6) is 0 Å². The van der Waals surface area contributed by atoms with Crippen molar-refractivity contribution in [3.63, 3.8) is 0 Å². The molecule has 0 saturated heterocycles. The molecule has 9 heteroatoms. The van der Waals surface area contributed by atoms with Crippen molar-refractivity contribution in [2.24, 2.45) is 0 Å². The predicted molar refractivity (Wildman–Crippen MR) is 96.9 cm³/mol. The lowest BCUT2D eigenvalue weighted by Crippen LogP contribution is -1.99. The van der Waals surface area contributed by atoms with Crippen LogP contribution in [0.2, 0.25) is 0 Å². The van der Waals surface area contributed by atoms with Crippen molar-refractivity contribution in [3.8, 4) is 11.3 Å². The smallest absolute Gasteiger partial charge is 0.253 e. The van der Waals surface area contributed by atoms with Gasteiger partial charge in [0.05, 0.1) is 5.69 Å². The Morgan fingerprint density at radius 1 is 1.16 bits per heavy atom. The Morgan fingerprint density at radius 2 is 2.04 bits per heavy atom. The Morgan fingerprint density at radius 3 is 2.88 bits per heavy atom. The molecule has 5 rings (SSSR count). The van der Waals surface area contributed by atoms with Gasteiger partial charge in [0, 0.05) is 11.6 Å². The maximum absolute atomic E-state index is 4.59. The third kappa shape index (κ3) is 3.08. The molecule has 1 saturated carbocycles. The molecule has 0 atom stereocenters. The van der Waals surface area contributed by atoms with E-state index >= 15 is 0 Å². The molecule has 1 aliphatic carbocycles. The van der Waals surface area contributed by atoms with E-state index in [1.165, 1.54) is 30.9 Å². The molecule has 25 heavy (non-hydrogen) atoms. The molecule has 0 radical (unpaired) electrons. The first-order valence-electron chi connectivity index (χ1n) is 7.89. The van der Waals surface area contributed by atoms with E-state index in [-0.39, 0.29) is 0 Å². The van der Waals surface area contributed by atoms with Crippen molar-refractivity contribution >= 4 is 34.0 Å². The van der Waals surface area contributed by atoms with Gasteiger partial charge in [-0.3, -0.25) is 0 Å². The molecular formula is C16H13N7S2. The number of nitrogens with one attached hydrogen (secondary N) is 1. The number of hydrogen-bond donors (Lipinski definition) is 1. The third-order valence-corrected chi connectivity index (χ3v) is 5.70. The lowest BCUT2D eigenvalue weighted by Gasteiger charge is -2.05. The second kappa shape index (κ2) is 6.08. The molecule has 4 aromatic rings. The van der Waals surface area contributed by atoms with E-state index < -0.39 is 0 Å². The molecule has 0 amide bonds. The largest absolute Gasteiger partial charge is 0.357 e. The summed E-state index contributed by atoms with van der Waals surface area (Å²) in [6.07, 6.45) is 3.94. The average Bonchev–Trinajstić information content (AvgIpc) is 3.14. The van der Waals surface area contributed by atoms with E-state index in [4.69, 9.17) is 0 Å². The van der Waals surface area contributed by atoms with Gasteiger partial charge < -0.3 is 5.32 Å². The van der Waals surface area contributed by atoms with Crippen LogP contribution in [0, 0.1) is 0 Å². The highest BCUT2D eigenvalue weighted by molar-refractivity contribution is 8.01. The second-order valence-corrected chi connectivity index (χ2v) is 7.96. The Hall–Kier alpha value is -2.52. The van der Waals surface area contributed by atoms with E-state index in [1.54, 1.807) is 15.9 Å². The summed E-state index contributed by atoms with van der Waals surface area (Å²) in [5.74, 6) is 0.574. The van der Waals surface area contributed by atoms with Crippen LogP contribution in [-0.4, -0.2) is 35.8 Å². The number of nitrogens with zero attached hydrogens (tertiary/aromatic N) is 6. The summed E-state index contributed by atoms with van der Waals surface area (Å²) >= 11 is 3.08. The fraction of sp³-hybridized carbons (Fsp3) is 0.188. The highest BCUT2D eigenvalue weighted by atomic mass is 32.2. The van der Waals surface area contributed by atoms with Gasteiger partial charge in [0.2, 0.25) is 5.13 Å². The van der Waals surface area contributed by atoms with Crippen LogP contribution in [0.1, 0.15) is 12.8 Å². The Labute approximate surface area is 151 Å². The predicted octanol–water partition coefficient (Wildman–Crippen LogP) is 3.37. The zero-order valence-electron chi connectivity index (χ0n) is 13.0. The van der Waals surface area contributed by atoms with Crippen LogP contribution in [0.3, 0.4) is 0 Å². The number of rotatable bonds is 5. The van der Waals surface area contributed by atoms with Crippen LogP contribution in [-0.2, 0) is 0 Å². The molecule has 0 bridgehead atoms. The standard InChI is InChI=1S/C16H13N7S2/c1-2-4-10(5-3-1)12-8-13(23-14(20-12)17-9-18-23)24-16-22-21-15(25-16)19-11-6-7-11/h1-5,8-9,11H,6-7H2,(H,19,21). The minimum Gasteiger partial charge on any atom is -0.357 e. The monoisotopic (exact) mass is 367 g/mol. The molecular weight excluding hydrogens is 354 g/mol. The molecule has 7 nitrogen and oxygen atoms in total. The first-order chi connectivity index (χ1) is 12.3. The number of aromatic nitrogens is 6. The molecule has 124 valence electrons. The number of benzene rings is 1. The van der Waals surface area contributed by atoms with Gasteiger partial charge in [-0.1, -0.05) is 41.7 Å². The summed E-state index contributed by atoms with van der Waals surface area (Å²) in [5, 5.41) is 17.9. The van der Waals surface area contributed by atoms with Crippen molar-refractivity contribution in [1.82, 2.24) is 29.8 Å². The summed E-state index contributed by atoms with van der Waals surface area (Å²) in [7, 11) is 0. The summed E-state index contributed by atoms with van der Waals surface area (Å²) in [6, 6.07) is 12.6. The SMILES string of the molecule is c1ccc(-c2cc(Sc3nnc(NC4CC4)s3)n3ncnc3n2)cc1. The zero-order chi connectivity index (χ0) is 16.6. The van der Waals surface area contributed by atoms with Crippen molar-refractivity contribution in [3.05, 3.63) is 42.7 Å². The molecule has 3 heterocycles. The summed E-state index contributed by atoms with van der Waals surface area (Å²) in [6.45, 7) is 0. The minimum atomic E-state index is 0.568. The van der Waals surface area contributed by atoms with Gasteiger partial charge in [0.25, 0.3) is 5.78 Å². The van der Waals surface area contributed by atoms with E-state index in [2.05, 4.69) is 30.6 Å². The van der Waals surface area contributed by atoms with E-state index in [0.717, 1.165) is 25.8 Å². The topological polar surface area (TPSA) is 80.9 Å². The van der Waals surface area contributed by atoms with Crippen LogP contribution in [0.4, 0.5) is 5.13 Å². The third-order valence-electron chi connectivity index (χ3n) is 3.79. The van der Waals surface area contributed by atoms with E-state index in [9.17, 15) is 0 Å². The van der Waals surface area contributed by atoms with Crippen LogP contribution in [0.25, 0.3) is 17.0 Å².